The minimum atomic E-state index is -4.53. The van der Waals surface area contributed by atoms with Crippen LogP contribution >= 0.6 is 0 Å². The Morgan fingerprint density at radius 3 is 2.59 bits per heavy atom. The van der Waals surface area contributed by atoms with Gasteiger partial charge in [0.2, 0.25) is 0 Å². The summed E-state index contributed by atoms with van der Waals surface area (Å²) in [6.07, 6.45) is -1.46. The number of hydrogen-bond donors (Lipinski definition) is 1. The Bertz CT molecular complexity index is 967. The molecule has 0 aliphatic carbocycles. The fourth-order valence-electron chi connectivity index (χ4n) is 2.58. The zero-order chi connectivity index (χ0) is 19.6. The van der Waals surface area contributed by atoms with E-state index in [9.17, 15) is 18.0 Å². The molecular weight excluding hydrogens is 359 g/mol. The number of alkyl halides is 3. The molecule has 0 saturated carbocycles. The van der Waals surface area contributed by atoms with Crippen LogP contribution < -0.4 is 10.1 Å². The Hall–Kier alpha value is -3.29. The molecule has 0 saturated heterocycles. The highest BCUT2D eigenvalue weighted by Gasteiger charge is 2.31. The van der Waals surface area contributed by atoms with E-state index in [1.54, 1.807) is 24.4 Å². The van der Waals surface area contributed by atoms with E-state index in [2.05, 4.69) is 10.4 Å². The zero-order valence-corrected chi connectivity index (χ0v) is 14.5. The van der Waals surface area contributed by atoms with Crippen LogP contribution in [0.1, 0.15) is 21.5 Å². The lowest BCUT2D eigenvalue weighted by Crippen LogP contribution is -2.16. The number of hydrogen-bond acceptors (Lipinski definition) is 3. The van der Waals surface area contributed by atoms with E-state index in [0.717, 1.165) is 17.7 Å². The molecule has 27 heavy (non-hydrogen) atoms. The number of nitrogens with zero attached hydrogens (tertiary/aromatic N) is 2. The van der Waals surface area contributed by atoms with Crippen molar-refractivity contribution in [1.29, 1.82) is 0 Å². The van der Waals surface area contributed by atoms with E-state index in [0.29, 0.717) is 11.4 Å². The van der Waals surface area contributed by atoms with Gasteiger partial charge in [0.05, 0.1) is 24.0 Å². The number of nitrogens with one attached hydrogen (secondary N) is 1. The first-order valence-electron chi connectivity index (χ1n) is 7.97. The minimum absolute atomic E-state index is 0.00179. The number of halogens is 3. The summed E-state index contributed by atoms with van der Waals surface area (Å²) in [5.41, 5.74) is 0.556. The fourth-order valence-corrected chi connectivity index (χ4v) is 2.58. The van der Waals surface area contributed by atoms with Crippen molar-refractivity contribution in [3.63, 3.8) is 0 Å². The van der Waals surface area contributed by atoms with Gasteiger partial charge in [0.25, 0.3) is 5.91 Å². The summed E-state index contributed by atoms with van der Waals surface area (Å²) in [5.74, 6) is -0.0416. The van der Waals surface area contributed by atoms with E-state index in [1.807, 2.05) is 6.92 Å². The lowest BCUT2D eigenvalue weighted by atomic mass is 10.1. The van der Waals surface area contributed by atoms with Crippen LogP contribution in [-0.4, -0.2) is 22.8 Å². The maximum absolute atomic E-state index is 13.1. The number of rotatable bonds is 4. The lowest BCUT2D eigenvalue weighted by Gasteiger charge is -2.15. The average Bonchev–Trinajstić information content (AvgIpc) is 3.15. The topological polar surface area (TPSA) is 56.1 Å². The number of ether oxygens (including phenoxy) is 1. The van der Waals surface area contributed by atoms with Gasteiger partial charge in [-0.05, 0) is 48.9 Å². The summed E-state index contributed by atoms with van der Waals surface area (Å²) >= 11 is 0. The molecule has 2 aromatic carbocycles. The fraction of sp³-hybridized carbons (Fsp3) is 0.158. The smallest absolute Gasteiger partial charge is 0.416 e. The second-order valence-electron chi connectivity index (χ2n) is 5.82. The molecule has 0 bridgehead atoms. The van der Waals surface area contributed by atoms with Crippen molar-refractivity contribution in [3.05, 3.63) is 71.5 Å². The molecule has 1 amide bonds. The average molecular weight is 375 g/mol. The Morgan fingerprint density at radius 1 is 1.19 bits per heavy atom. The molecule has 1 aromatic heterocycles. The maximum Gasteiger partial charge on any atom is 0.416 e. The van der Waals surface area contributed by atoms with Crippen LogP contribution in [0.5, 0.6) is 5.75 Å². The molecule has 0 aliphatic heterocycles. The van der Waals surface area contributed by atoms with Gasteiger partial charge in [-0.1, -0.05) is 6.07 Å². The molecule has 5 nitrogen and oxygen atoms in total. The molecular formula is C19H16F3N3O2. The summed E-state index contributed by atoms with van der Waals surface area (Å²) in [4.78, 5) is 12.6. The molecule has 0 radical (unpaired) electrons. The second kappa shape index (κ2) is 7.14. The number of anilines is 1. The van der Waals surface area contributed by atoms with Gasteiger partial charge in [-0.15, -0.1) is 0 Å². The Morgan fingerprint density at radius 2 is 1.96 bits per heavy atom. The molecule has 0 fully saturated rings. The van der Waals surface area contributed by atoms with Crippen molar-refractivity contribution in [2.45, 2.75) is 13.1 Å². The molecule has 8 heteroatoms. The number of carbonyl (C=O) groups is 1. The molecule has 3 aromatic rings. The summed E-state index contributed by atoms with van der Waals surface area (Å²) in [6, 6.07) is 9.55. The normalized spacial score (nSPS) is 11.3. The van der Waals surface area contributed by atoms with Crippen LogP contribution in [0, 0.1) is 6.92 Å². The Balaban J connectivity index is 2.00. The van der Waals surface area contributed by atoms with E-state index in [4.69, 9.17) is 4.74 Å². The summed E-state index contributed by atoms with van der Waals surface area (Å²) in [7, 11) is 1.48. The lowest BCUT2D eigenvalue weighted by molar-refractivity contribution is -0.137. The van der Waals surface area contributed by atoms with Crippen LogP contribution in [-0.2, 0) is 6.18 Å². The number of amides is 1. The second-order valence-corrected chi connectivity index (χ2v) is 5.82. The van der Waals surface area contributed by atoms with Crippen LogP contribution in [0.3, 0.4) is 0 Å². The molecule has 140 valence electrons. The SMILES string of the molecule is COc1cc(C(=O)Nc2cc(C(F)(F)F)ccc2-n2cccn2)ccc1C. The van der Waals surface area contributed by atoms with Gasteiger partial charge in [-0.3, -0.25) is 4.79 Å². The predicted molar refractivity (Wildman–Crippen MR) is 94.3 cm³/mol. The van der Waals surface area contributed by atoms with E-state index < -0.39 is 17.6 Å². The van der Waals surface area contributed by atoms with Crippen LogP contribution in [0.4, 0.5) is 18.9 Å². The number of aryl methyl sites for hydroxylation is 1. The first-order valence-corrected chi connectivity index (χ1v) is 7.97. The molecule has 0 spiro atoms. The van der Waals surface area contributed by atoms with Crippen molar-refractivity contribution < 1.29 is 22.7 Å². The van der Waals surface area contributed by atoms with Crippen molar-refractivity contribution >= 4 is 11.6 Å². The minimum Gasteiger partial charge on any atom is -0.496 e. The Labute approximate surface area is 153 Å². The molecule has 0 atom stereocenters. The Kier molecular flexibility index (Phi) is 4.89. The third kappa shape index (κ3) is 3.94. The molecule has 3 rings (SSSR count). The third-order valence-corrected chi connectivity index (χ3v) is 3.99. The van der Waals surface area contributed by atoms with Gasteiger partial charge in [0, 0.05) is 18.0 Å². The van der Waals surface area contributed by atoms with E-state index >= 15 is 0 Å². The largest absolute Gasteiger partial charge is 0.496 e. The van der Waals surface area contributed by atoms with E-state index in [1.165, 1.54) is 30.1 Å². The van der Waals surface area contributed by atoms with Gasteiger partial charge in [0.15, 0.2) is 0 Å². The summed E-state index contributed by atoms with van der Waals surface area (Å²) < 4.78 is 45.9. The van der Waals surface area contributed by atoms with Gasteiger partial charge >= 0.3 is 6.18 Å². The highest BCUT2D eigenvalue weighted by Crippen LogP contribution is 2.33. The van der Waals surface area contributed by atoms with Crippen LogP contribution in [0.2, 0.25) is 0 Å². The first kappa shape index (κ1) is 18.5. The highest BCUT2D eigenvalue weighted by molar-refractivity contribution is 6.05. The van der Waals surface area contributed by atoms with E-state index in [-0.39, 0.29) is 11.3 Å². The van der Waals surface area contributed by atoms with Gasteiger partial charge in [-0.25, -0.2) is 4.68 Å². The monoisotopic (exact) mass is 375 g/mol. The zero-order valence-electron chi connectivity index (χ0n) is 14.5. The molecule has 0 unspecified atom stereocenters. The molecule has 1 heterocycles. The maximum atomic E-state index is 13.1. The quantitative estimate of drug-likeness (QED) is 0.733. The predicted octanol–water partition coefficient (Wildman–Crippen LogP) is 4.46. The number of methoxy groups -OCH3 is 1. The van der Waals surface area contributed by atoms with Gasteiger partial charge < -0.3 is 10.1 Å². The number of carbonyl (C=O) groups excluding carboxylic acids is 1. The standard InChI is InChI=1S/C19H16F3N3O2/c1-12-4-5-13(10-17(12)27-2)18(26)24-15-11-14(19(20,21)22)6-7-16(15)25-9-3-8-23-25/h3-11H,1-2H3,(H,24,26). The van der Waals surface area contributed by atoms with Crippen molar-refractivity contribution in [2.24, 2.45) is 0 Å². The first-order chi connectivity index (χ1) is 12.8. The molecule has 0 aliphatic rings. The summed E-state index contributed by atoms with van der Waals surface area (Å²) in [6.45, 7) is 1.82. The van der Waals surface area contributed by atoms with Crippen molar-refractivity contribution in [3.8, 4) is 11.4 Å². The third-order valence-electron chi connectivity index (χ3n) is 3.99. The van der Waals surface area contributed by atoms with Crippen molar-refractivity contribution in [1.82, 2.24) is 9.78 Å². The number of aromatic nitrogens is 2. The molecule has 1 N–H and O–H groups in total. The van der Waals surface area contributed by atoms with Crippen LogP contribution in [0.25, 0.3) is 5.69 Å². The van der Waals surface area contributed by atoms with Crippen LogP contribution in [0.15, 0.2) is 54.9 Å². The summed E-state index contributed by atoms with van der Waals surface area (Å²) in [5, 5.41) is 6.57. The highest BCUT2D eigenvalue weighted by atomic mass is 19.4. The van der Waals surface area contributed by atoms with Crippen molar-refractivity contribution in [2.75, 3.05) is 12.4 Å². The van der Waals surface area contributed by atoms with Gasteiger partial charge in [-0.2, -0.15) is 18.3 Å². The number of benzene rings is 2. The van der Waals surface area contributed by atoms with Gasteiger partial charge in [0.1, 0.15) is 5.75 Å².